The second kappa shape index (κ2) is 7.27. The Hall–Kier alpha value is 0.620. The summed E-state index contributed by atoms with van der Waals surface area (Å²) >= 11 is 8.91. The third kappa shape index (κ3) is 5.86. The number of rotatable bonds is 7. The second-order valence-corrected chi connectivity index (χ2v) is 8.94. The van der Waals surface area contributed by atoms with E-state index >= 15 is 0 Å². The van der Waals surface area contributed by atoms with Crippen molar-refractivity contribution in [2.24, 2.45) is 5.41 Å². The van der Waals surface area contributed by atoms with Crippen LogP contribution in [0.15, 0.2) is 13.6 Å². The van der Waals surface area contributed by atoms with Gasteiger partial charge in [-0.05, 0) is 74.7 Å². The molecule has 1 heterocycles. The lowest BCUT2D eigenvalue weighted by Crippen LogP contribution is -2.30. The van der Waals surface area contributed by atoms with Crippen molar-refractivity contribution in [3.63, 3.8) is 0 Å². The van der Waals surface area contributed by atoms with Crippen LogP contribution in [0, 0.1) is 5.41 Å². The summed E-state index contributed by atoms with van der Waals surface area (Å²) in [6.07, 6.45) is 3.56. The molecule has 0 amide bonds. The molecule has 0 bridgehead atoms. The molecule has 0 aromatic carbocycles. The Morgan fingerprint density at radius 2 is 2.06 bits per heavy atom. The molecule has 0 aliphatic carbocycles. The van der Waals surface area contributed by atoms with Crippen molar-refractivity contribution in [2.75, 3.05) is 13.1 Å². The van der Waals surface area contributed by atoms with Gasteiger partial charge in [-0.1, -0.05) is 20.8 Å². The minimum absolute atomic E-state index is 0.364. The van der Waals surface area contributed by atoms with Crippen LogP contribution in [-0.4, -0.2) is 13.1 Å². The zero-order valence-electron chi connectivity index (χ0n) is 10.8. The van der Waals surface area contributed by atoms with Gasteiger partial charge in [0.25, 0.3) is 0 Å². The highest BCUT2D eigenvalue weighted by atomic mass is 79.9. The lowest BCUT2D eigenvalue weighted by atomic mass is 9.86. The standard InChI is InChI=1S/C13H21Br2NS/c1-4-7-16-9-13(2,3)6-5-10-8-11(14)17-12(10)15/h8,16H,4-7,9H2,1-3H3. The van der Waals surface area contributed by atoms with E-state index in [4.69, 9.17) is 0 Å². The van der Waals surface area contributed by atoms with Gasteiger partial charge in [-0.3, -0.25) is 0 Å². The van der Waals surface area contributed by atoms with Crippen LogP contribution in [0.3, 0.4) is 0 Å². The summed E-state index contributed by atoms with van der Waals surface area (Å²) in [6.45, 7) is 9.11. The van der Waals surface area contributed by atoms with E-state index in [1.807, 2.05) is 0 Å². The minimum Gasteiger partial charge on any atom is -0.316 e. The van der Waals surface area contributed by atoms with E-state index in [-0.39, 0.29) is 0 Å². The fraction of sp³-hybridized carbons (Fsp3) is 0.692. The number of thiophene rings is 1. The van der Waals surface area contributed by atoms with Crippen LogP contribution >= 0.6 is 43.2 Å². The van der Waals surface area contributed by atoms with Crippen molar-refractivity contribution in [3.05, 3.63) is 19.2 Å². The van der Waals surface area contributed by atoms with Crippen molar-refractivity contribution >= 4 is 43.2 Å². The van der Waals surface area contributed by atoms with Gasteiger partial charge in [0.1, 0.15) is 0 Å². The average Bonchev–Trinajstić information content (AvgIpc) is 2.55. The van der Waals surface area contributed by atoms with Crippen LogP contribution in [0.2, 0.25) is 0 Å². The fourth-order valence-corrected chi connectivity index (χ4v) is 4.62. The first-order chi connectivity index (χ1) is 7.94. The molecule has 1 nitrogen and oxygen atoms in total. The first-order valence-electron chi connectivity index (χ1n) is 6.09. The van der Waals surface area contributed by atoms with Crippen LogP contribution < -0.4 is 5.32 Å². The lowest BCUT2D eigenvalue weighted by molar-refractivity contribution is 0.315. The van der Waals surface area contributed by atoms with E-state index in [9.17, 15) is 0 Å². The van der Waals surface area contributed by atoms with Gasteiger partial charge in [-0.2, -0.15) is 0 Å². The summed E-state index contributed by atoms with van der Waals surface area (Å²) in [6, 6.07) is 2.23. The van der Waals surface area contributed by atoms with Crippen molar-refractivity contribution < 1.29 is 0 Å². The van der Waals surface area contributed by atoms with E-state index in [1.54, 1.807) is 11.3 Å². The summed E-state index contributed by atoms with van der Waals surface area (Å²) in [7, 11) is 0. The van der Waals surface area contributed by atoms with Crippen molar-refractivity contribution in [3.8, 4) is 0 Å². The van der Waals surface area contributed by atoms with E-state index in [0.717, 1.165) is 19.5 Å². The van der Waals surface area contributed by atoms with Gasteiger partial charge in [-0.25, -0.2) is 0 Å². The molecule has 98 valence electrons. The van der Waals surface area contributed by atoms with E-state index in [1.165, 1.54) is 26.0 Å². The number of halogens is 2. The van der Waals surface area contributed by atoms with Crippen molar-refractivity contribution in [2.45, 2.75) is 40.0 Å². The summed E-state index contributed by atoms with van der Waals surface area (Å²) in [4.78, 5) is 0. The van der Waals surface area contributed by atoms with E-state index < -0.39 is 0 Å². The smallest absolute Gasteiger partial charge is 0.0742 e. The Bertz CT molecular complexity index is 347. The second-order valence-electron chi connectivity index (χ2n) is 5.19. The van der Waals surface area contributed by atoms with Gasteiger partial charge in [0.05, 0.1) is 7.57 Å². The Labute approximate surface area is 126 Å². The minimum atomic E-state index is 0.364. The quantitative estimate of drug-likeness (QED) is 0.636. The monoisotopic (exact) mass is 381 g/mol. The molecule has 0 radical (unpaired) electrons. The van der Waals surface area contributed by atoms with Gasteiger partial charge in [0, 0.05) is 6.54 Å². The van der Waals surface area contributed by atoms with Gasteiger partial charge in [0.15, 0.2) is 0 Å². The summed E-state index contributed by atoms with van der Waals surface area (Å²) in [5, 5.41) is 3.51. The predicted octanol–water partition coefficient (Wildman–Crippen LogP) is 5.23. The lowest BCUT2D eigenvalue weighted by Gasteiger charge is -2.25. The van der Waals surface area contributed by atoms with Crippen LogP contribution in [-0.2, 0) is 6.42 Å². The molecule has 1 N–H and O–H groups in total. The molecule has 0 fully saturated rings. The molecule has 0 spiro atoms. The number of nitrogens with one attached hydrogen (secondary N) is 1. The molecular formula is C13H21Br2NS. The molecule has 4 heteroatoms. The van der Waals surface area contributed by atoms with Crippen LogP contribution in [0.4, 0.5) is 0 Å². The van der Waals surface area contributed by atoms with Crippen molar-refractivity contribution in [1.82, 2.24) is 5.32 Å². The van der Waals surface area contributed by atoms with E-state index in [0.29, 0.717) is 5.41 Å². The Kier molecular flexibility index (Phi) is 6.70. The molecule has 0 atom stereocenters. The largest absolute Gasteiger partial charge is 0.316 e. The van der Waals surface area contributed by atoms with Crippen LogP contribution in [0.5, 0.6) is 0 Å². The summed E-state index contributed by atoms with van der Waals surface area (Å²) in [5.74, 6) is 0. The number of hydrogen-bond acceptors (Lipinski definition) is 2. The maximum absolute atomic E-state index is 3.62. The molecule has 1 aromatic rings. The molecule has 0 saturated heterocycles. The Morgan fingerprint density at radius 3 is 2.59 bits per heavy atom. The normalized spacial score (nSPS) is 12.1. The molecule has 0 saturated carbocycles. The van der Waals surface area contributed by atoms with E-state index in [2.05, 4.69) is 64.0 Å². The Morgan fingerprint density at radius 1 is 1.35 bits per heavy atom. The molecule has 1 aromatic heterocycles. The van der Waals surface area contributed by atoms with Gasteiger partial charge >= 0.3 is 0 Å². The van der Waals surface area contributed by atoms with Crippen LogP contribution in [0.25, 0.3) is 0 Å². The molecule has 1 rings (SSSR count). The maximum atomic E-state index is 3.62. The maximum Gasteiger partial charge on any atom is 0.0742 e. The highest BCUT2D eigenvalue weighted by Crippen LogP contribution is 2.34. The predicted molar refractivity (Wildman–Crippen MR) is 85.0 cm³/mol. The summed E-state index contributed by atoms with van der Waals surface area (Å²) < 4.78 is 2.47. The van der Waals surface area contributed by atoms with Gasteiger partial charge in [0.2, 0.25) is 0 Å². The Balaban J connectivity index is 2.40. The number of hydrogen-bond donors (Lipinski definition) is 1. The summed E-state index contributed by atoms with van der Waals surface area (Å²) in [5.41, 5.74) is 1.79. The first-order valence-corrected chi connectivity index (χ1v) is 8.49. The fourth-order valence-electron chi connectivity index (χ4n) is 1.71. The zero-order valence-corrected chi connectivity index (χ0v) is 14.8. The molecular weight excluding hydrogens is 362 g/mol. The van der Waals surface area contributed by atoms with Gasteiger partial charge < -0.3 is 5.32 Å². The molecule has 0 aliphatic heterocycles. The zero-order chi connectivity index (χ0) is 12.9. The number of aryl methyl sites for hydroxylation is 1. The third-order valence-corrected chi connectivity index (χ3v) is 5.29. The van der Waals surface area contributed by atoms with Gasteiger partial charge in [-0.15, -0.1) is 11.3 Å². The topological polar surface area (TPSA) is 12.0 Å². The van der Waals surface area contributed by atoms with Crippen LogP contribution in [0.1, 0.15) is 39.2 Å². The highest BCUT2D eigenvalue weighted by molar-refractivity contribution is 9.12. The molecule has 17 heavy (non-hydrogen) atoms. The molecule has 0 unspecified atom stereocenters. The third-order valence-electron chi connectivity index (χ3n) is 2.83. The average molecular weight is 383 g/mol. The van der Waals surface area contributed by atoms with Crippen molar-refractivity contribution in [1.29, 1.82) is 0 Å². The first kappa shape index (κ1) is 15.7. The molecule has 0 aliphatic rings. The highest BCUT2D eigenvalue weighted by Gasteiger charge is 2.18. The SMILES string of the molecule is CCCNCC(C)(C)CCc1cc(Br)sc1Br.